The van der Waals surface area contributed by atoms with Gasteiger partial charge in [0.05, 0.1) is 52.9 Å². The molecule has 2 fully saturated rings. The van der Waals surface area contributed by atoms with Gasteiger partial charge in [-0.05, 0) is 60.0 Å². The number of aliphatic hydroxyl groups excluding tert-OH is 1. The molecule has 52 heavy (non-hydrogen) atoms. The van der Waals surface area contributed by atoms with Gasteiger partial charge in [-0.3, -0.25) is 14.3 Å². The van der Waals surface area contributed by atoms with Gasteiger partial charge in [-0.15, -0.1) is 5.10 Å². The summed E-state index contributed by atoms with van der Waals surface area (Å²) in [5.74, 6) is 1.21. The summed E-state index contributed by atoms with van der Waals surface area (Å²) in [5, 5.41) is 22.4. The van der Waals surface area contributed by atoms with Gasteiger partial charge in [0.1, 0.15) is 11.5 Å². The number of hydrogen-bond acceptors (Lipinski definition) is 9. The number of ether oxygens (including phenoxy) is 3. The Hall–Kier alpha value is -4.56. The van der Waals surface area contributed by atoms with Crippen molar-refractivity contribution in [3.05, 3.63) is 89.7 Å². The number of nitrogens with zero attached hydrogens (tertiary/aromatic N) is 5. The first-order valence-electron chi connectivity index (χ1n) is 18.0. The molecule has 0 unspecified atom stereocenters. The summed E-state index contributed by atoms with van der Waals surface area (Å²) in [6, 6.07) is 22.1. The molecule has 1 aromatic heterocycles. The minimum atomic E-state index is -2.35. The number of methoxy groups -OCH3 is 2. The molecule has 1 spiro atoms. The van der Waals surface area contributed by atoms with E-state index in [9.17, 15) is 9.90 Å². The van der Waals surface area contributed by atoms with Crippen LogP contribution < -0.4 is 29.8 Å². The minimum absolute atomic E-state index is 0.00776. The lowest BCUT2D eigenvalue weighted by Gasteiger charge is -2.37. The van der Waals surface area contributed by atoms with Gasteiger partial charge in [0.15, 0.2) is 5.60 Å². The fraction of sp³-hybridized carbons (Fsp3) is 0.436. The topological polar surface area (TPSA) is 131 Å². The van der Waals surface area contributed by atoms with Crippen LogP contribution in [0.5, 0.6) is 11.5 Å². The van der Waals surface area contributed by atoms with E-state index in [1.165, 1.54) is 5.19 Å². The van der Waals surface area contributed by atoms with Crippen molar-refractivity contribution in [1.82, 2.24) is 20.3 Å². The first-order valence-corrected chi connectivity index (χ1v) is 21.1. The lowest BCUT2D eigenvalue weighted by molar-refractivity contribution is -0.146. The number of aryl methyl sites for hydroxylation is 1. The van der Waals surface area contributed by atoms with Gasteiger partial charge in [0.25, 0.3) is 5.91 Å². The average Bonchev–Trinajstić information content (AvgIpc) is 3.80. The van der Waals surface area contributed by atoms with Crippen LogP contribution >= 0.6 is 0 Å². The number of nitrogens with one attached hydrogen (secondary N) is 1. The number of fused-ring (bicyclic) bond motifs is 2. The highest BCUT2D eigenvalue weighted by Crippen LogP contribution is 2.60. The predicted molar refractivity (Wildman–Crippen MR) is 201 cm³/mol. The number of aliphatic hydroxyl groups is 1. The van der Waals surface area contributed by atoms with Crippen molar-refractivity contribution in [2.75, 3.05) is 50.3 Å². The van der Waals surface area contributed by atoms with Crippen molar-refractivity contribution in [2.45, 2.75) is 63.2 Å². The van der Waals surface area contributed by atoms with E-state index in [1.54, 1.807) is 23.8 Å². The van der Waals surface area contributed by atoms with Crippen LogP contribution in [-0.4, -0.2) is 86.6 Å². The van der Waals surface area contributed by atoms with Gasteiger partial charge in [0.2, 0.25) is 5.91 Å². The fourth-order valence-electron chi connectivity index (χ4n) is 8.67. The monoisotopic (exact) mass is 724 g/mol. The lowest BCUT2D eigenvalue weighted by Crippen LogP contribution is -2.51. The van der Waals surface area contributed by atoms with E-state index in [1.807, 2.05) is 65.7 Å². The first kappa shape index (κ1) is 35.8. The number of aromatic nitrogens is 3. The maximum atomic E-state index is 15.3. The number of benzene rings is 3. The summed E-state index contributed by atoms with van der Waals surface area (Å²) >= 11 is 0. The largest absolute Gasteiger partial charge is 0.497 e. The first-order chi connectivity index (χ1) is 25.1. The van der Waals surface area contributed by atoms with Crippen LogP contribution in [0.15, 0.2) is 72.9 Å². The number of hydrogen-bond donors (Lipinski definition) is 2. The van der Waals surface area contributed by atoms with Crippen LogP contribution in [0.3, 0.4) is 0 Å². The Labute approximate surface area is 305 Å². The molecule has 0 saturated carbocycles. The lowest BCUT2D eigenvalue weighted by atomic mass is 9.82. The number of piperazine rings is 1. The van der Waals surface area contributed by atoms with E-state index in [0.717, 1.165) is 40.5 Å². The maximum Gasteiger partial charge on any atom is 0.264 e. The Bertz CT molecular complexity index is 1930. The molecule has 3 aliphatic heterocycles. The summed E-state index contributed by atoms with van der Waals surface area (Å²) in [5.41, 5.74) is 2.90. The summed E-state index contributed by atoms with van der Waals surface area (Å²) in [6.45, 7) is 9.43. The molecule has 13 heteroatoms. The molecule has 0 bridgehead atoms. The predicted octanol–water partition coefficient (Wildman–Crippen LogP) is 3.62. The second kappa shape index (κ2) is 14.5. The second-order valence-electron chi connectivity index (χ2n) is 14.6. The highest BCUT2D eigenvalue weighted by atomic mass is 28.3. The maximum absolute atomic E-state index is 15.3. The SMILES string of the molecule is COc1ccc([Si](C)(C)[C@H]2[C@H](CCn3cc(CCO)nn3)O[C@@]3(C(=O)N(Cc4cccc(N5CCNCC5=O)c4)c4ccc(OC)cc43)[C@@H]2C)cc1. The Morgan fingerprint density at radius 1 is 1.04 bits per heavy atom. The van der Waals surface area contributed by atoms with Gasteiger partial charge in [0, 0.05) is 56.0 Å². The number of rotatable bonds is 12. The molecule has 4 heterocycles. The zero-order chi connectivity index (χ0) is 36.6. The van der Waals surface area contributed by atoms with E-state index in [0.29, 0.717) is 44.8 Å². The number of carbonyl (C=O) groups excluding carboxylic acids is 2. The Balaban J connectivity index is 1.27. The number of anilines is 2. The molecule has 3 aromatic carbocycles. The third-order valence-electron chi connectivity index (χ3n) is 11.3. The minimum Gasteiger partial charge on any atom is -0.497 e. The molecule has 2 amide bonds. The second-order valence-corrected chi connectivity index (χ2v) is 19.2. The molecule has 2 N–H and O–H groups in total. The third-order valence-corrected chi connectivity index (χ3v) is 15.7. The molecule has 4 aromatic rings. The summed E-state index contributed by atoms with van der Waals surface area (Å²) in [6.07, 6.45) is 2.67. The molecule has 4 atom stereocenters. The Morgan fingerprint density at radius 2 is 1.81 bits per heavy atom. The molecular formula is C39H48N6O6Si. The van der Waals surface area contributed by atoms with Gasteiger partial charge < -0.3 is 34.4 Å². The zero-order valence-corrected chi connectivity index (χ0v) is 31.5. The highest BCUT2D eigenvalue weighted by molar-refractivity contribution is 6.91. The van der Waals surface area contributed by atoms with E-state index in [2.05, 4.69) is 47.8 Å². The van der Waals surface area contributed by atoms with Gasteiger partial charge in [-0.25, -0.2) is 0 Å². The molecule has 2 saturated heterocycles. The quantitative estimate of drug-likeness (QED) is 0.211. The van der Waals surface area contributed by atoms with Gasteiger partial charge in [-0.1, -0.05) is 54.7 Å². The Kier molecular flexibility index (Phi) is 9.96. The molecular weight excluding hydrogens is 677 g/mol. The van der Waals surface area contributed by atoms with Crippen molar-refractivity contribution in [1.29, 1.82) is 0 Å². The normalized spacial score (nSPS) is 23.1. The number of carbonyl (C=O) groups is 2. The van der Waals surface area contributed by atoms with E-state index >= 15 is 4.79 Å². The van der Waals surface area contributed by atoms with E-state index in [4.69, 9.17) is 14.2 Å². The van der Waals surface area contributed by atoms with Crippen LogP contribution in [-0.2, 0) is 39.4 Å². The average molecular weight is 725 g/mol. The van der Waals surface area contributed by atoms with Gasteiger partial charge >= 0.3 is 0 Å². The van der Waals surface area contributed by atoms with Crippen molar-refractivity contribution in [3.8, 4) is 11.5 Å². The summed E-state index contributed by atoms with van der Waals surface area (Å²) in [4.78, 5) is 31.6. The van der Waals surface area contributed by atoms with Crippen LogP contribution in [0, 0.1) is 5.92 Å². The molecule has 3 aliphatic rings. The standard InChI is InChI=1S/C39H48N6O6Si/c1-26-37(52(4,5)32-12-9-30(49-2)10-13-32)35(15-18-43-25-28(16-20-46)41-42-43)51-39(26)33-22-31(50-3)11-14-34(33)45(38(39)48)24-27-7-6-8-29(21-27)44-19-17-40-23-36(44)47/h6-14,21-22,25-26,35,37,40,46H,15-20,23-24H2,1-5H3/t26-,35+,37-,39+/m1/s1. The smallest absolute Gasteiger partial charge is 0.264 e. The zero-order valence-electron chi connectivity index (χ0n) is 30.5. The fourth-order valence-corrected chi connectivity index (χ4v) is 12.7. The van der Waals surface area contributed by atoms with Crippen molar-refractivity contribution < 1.29 is 28.9 Å². The van der Waals surface area contributed by atoms with E-state index < -0.39 is 13.7 Å². The van der Waals surface area contributed by atoms with Crippen LogP contribution in [0.2, 0.25) is 18.6 Å². The Morgan fingerprint density at radius 3 is 2.54 bits per heavy atom. The third kappa shape index (κ3) is 6.29. The molecule has 274 valence electrons. The van der Waals surface area contributed by atoms with Crippen molar-refractivity contribution >= 4 is 36.4 Å². The number of amides is 2. The van der Waals surface area contributed by atoms with Crippen molar-refractivity contribution in [3.63, 3.8) is 0 Å². The van der Waals surface area contributed by atoms with Crippen LogP contribution in [0.4, 0.5) is 11.4 Å². The van der Waals surface area contributed by atoms with E-state index in [-0.39, 0.29) is 36.0 Å². The molecule has 0 radical (unpaired) electrons. The molecule has 12 nitrogen and oxygen atoms in total. The van der Waals surface area contributed by atoms with Gasteiger partial charge in [-0.2, -0.15) is 0 Å². The summed E-state index contributed by atoms with van der Waals surface area (Å²) < 4.78 is 20.3. The summed E-state index contributed by atoms with van der Waals surface area (Å²) in [7, 11) is 0.956. The van der Waals surface area contributed by atoms with Crippen LogP contribution in [0.1, 0.15) is 30.2 Å². The highest BCUT2D eigenvalue weighted by Gasteiger charge is 2.66. The molecule has 0 aliphatic carbocycles. The molecule has 7 rings (SSSR count). The van der Waals surface area contributed by atoms with Crippen molar-refractivity contribution in [2.24, 2.45) is 5.92 Å². The van der Waals surface area contributed by atoms with Crippen LogP contribution in [0.25, 0.3) is 0 Å².